The van der Waals surface area contributed by atoms with Gasteiger partial charge in [0.15, 0.2) is 0 Å². The van der Waals surface area contributed by atoms with Gasteiger partial charge in [-0.25, -0.2) is 4.98 Å². The van der Waals surface area contributed by atoms with Crippen molar-refractivity contribution in [3.8, 4) is 0 Å². The number of carbonyl (C=O) groups excluding carboxylic acids is 1. The standard InChI is InChI=1S/C12H20N4O2/c1-9-5-14-10(6-13-9)11(17)15-7-12(2,18)8-16(3)4/h5-6,18H,7-8H2,1-4H3,(H,15,17). The lowest BCUT2D eigenvalue weighted by atomic mass is 10.1. The molecule has 1 heterocycles. The second-order valence-corrected chi connectivity index (χ2v) is 4.96. The molecule has 1 aromatic heterocycles. The van der Waals surface area contributed by atoms with E-state index in [2.05, 4.69) is 15.3 Å². The summed E-state index contributed by atoms with van der Waals surface area (Å²) in [5.74, 6) is -0.332. The van der Waals surface area contributed by atoms with Gasteiger partial charge in [-0.05, 0) is 27.9 Å². The van der Waals surface area contributed by atoms with Crippen LogP contribution in [0.25, 0.3) is 0 Å². The molecule has 2 N–H and O–H groups in total. The molecule has 1 atom stereocenters. The third-order valence-electron chi connectivity index (χ3n) is 2.30. The molecule has 100 valence electrons. The lowest BCUT2D eigenvalue weighted by molar-refractivity contribution is 0.0325. The molecule has 1 aromatic rings. The maximum atomic E-state index is 11.8. The Morgan fingerprint density at radius 2 is 2.11 bits per heavy atom. The fourth-order valence-corrected chi connectivity index (χ4v) is 1.61. The predicted octanol–water partition coefficient (Wildman–Crippen LogP) is -0.173. The first-order valence-corrected chi connectivity index (χ1v) is 5.74. The highest BCUT2D eigenvalue weighted by molar-refractivity contribution is 5.91. The van der Waals surface area contributed by atoms with E-state index in [1.165, 1.54) is 12.4 Å². The Labute approximate surface area is 107 Å². The number of hydrogen-bond donors (Lipinski definition) is 2. The molecule has 0 saturated heterocycles. The van der Waals surface area contributed by atoms with Gasteiger partial charge in [0, 0.05) is 19.3 Å². The van der Waals surface area contributed by atoms with Crippen LogP contribution >= 0.6 is 0 Å². The highest BCUT2D eigenvalue weighted by Gasteiger charge is 2.22. The molecule has 0 saturated carbocycles. The highest BCUT2D eigenvalue weighted by Crippen LogP contribution is 2.03. The molecule has 1 rings (SSSR count). The molecule has 18 heavy (non-hydrogen) atoms. The van der Waals surface area contributed by atoms with Crippen molar-refractivity contribution in [1.82, 2.24) is 20.2 Å². The number of carbonyl (C=O) groups is 1. The molecule has 0 aliphatic carbocycles. The van der Waals surface area contributed by atoms with Crippen LogP contribution < -0.4 is 5.32 Å². The topological polar surface area (TPSA) is 78.3 Å². The van der Waals surface area contributed by atoms with Crippen LogP contribution in [0.1, 0.15) is 23.1 Å². The molecule has 0 bridgehead atoms. The van der Waals surface area contributed by atoms with Crippen molar-refractivity contribution in [1.29, 1.82) is 0 Å². The fraction of sp³-hybridized carbons (Fsp3) is 0.583. The zero-order valence-corrected chi connectivity index (χ0v) is 11.3. The Balaban J connectivity index is 2.53. The summed E-state index contributed by atoms with van der Waals surface area (Å²) in [6.07, 6.45) is 2.96. The SMILES string of the molecule is Cc1cnc(C(=O)NCC(C)(O)CN(C)C)cn1. The zero-order chi connectivity index (χ0) is 13.8. The number of aryl methyl sites for hydroxylation is 1. The molecular formula is C12H20N4O2. The van der Waals surface area contributed by atoms with Gasteiger partial charge in [-0.3, -0.25) is 9.78 Å². The minimum absolute atomic E-state index is 0.166. The second kappa shape index (κ2) is 5.88. The summed E-state index contributed by atoms with van der Waals surface area (Å²) < 4.78 is 0. The van der Waals surface area contributed by atoms with E-state index in [4.69, 9.17) is 0 Å². The Morgan fingerprint density at radius 3 is 2.61 bits per heavy atom. The lowest BCUT2D eigenvalue weighted by Gasteiger charge is -2.26. The predicted molar refractivity (Wildman–Crippen MR) is 68.3 cm³/mol. The number of aliphatic hydroxyl groups is 1. The van der Waals surface area contributed by atoms with E-state index in [1.54, 1.807) is 13.8 Å². The van der Waals surface area contributed by atoms with E-state index < -0.39 is 5.60 Å². The van der Waals surface area contributed by atoms with E-state index in [0.29, 0.717) is 6.54 Å². The van der Waals surface area contributed by atoms with Crippen LogP contribution in [0.5, 0.6) is 0 Å². The first-order chi connectivity index (χ1) is 8.30. The number of likely N-dealkylation sites (N-methyl/N-ethyl adjacent to an activating group) is 1. The number of rotatable bonds is 5. The third kappa shape index (κ3) is 4.77. The summed E-state index contributed by atoms with van der Waals surface area (Å²) >= 11 is 0. The second-order valence-electron chi connectivity index (χ2n) is 4.96. The van der Waals surface area contributed by atoms with Crippen molar-refractivity contribution in [3.63, 3.8) is 0 Å². The maximum absolute atomic E-state index is 11.8. The normalized spacial score (nSPS) is 14.3. The van der Waals surface area contributed by atoms with Crippen LogP contribution in [0.2, 0.25) is 0 Å². The molecular weight excluding hydrogens is 232 g/mol. The van der Waals surface area contributed by atoms with E-state index in [9.17, 15) is 9.90 Å². The number of amides is 1. The fourth-order valence-electron chi connectivity index (χ4n) is 1.61. The maximum Gasteiger partial charge on any atom is 0.271 e. The summed E-state index contributed by atoms with van der Waals surface area (Å²) in [5.41, 5.74) is 0.0319. The zero-order valence-electron chi connectivity index (χ0n) is 11.3. The van der Waals surface area contributed by atoms with Crippen molar-refractivity contribution in [3.05, 3.63) is 23.8 Å². The molecule has 0 aliphatic rings. The van der Waals surface area contributed by atoms with Crippen molar-refractivity contribution < 1.29 is 9.90 Å². The molecule has 0 radical (unpaired) electrons. The number of hydrogen-bond acceptors (Lipinski definition) is 5. The highest BCUT2D eigenvalue weighted by atomic mass is 16.3. The first kappa shape index (κ1) is 14.5. The van der Waals surface area contributed by atoms with Crippen LogP contribution in [0.4, 0.5) is 0 Å². The van der Waals surface area contributed by atoms with E-state index in [1.807, 2.05) is 19.0 Å². The monoisotopic (exact) mass is 252 g/mol. The Kier molecular flexibility index (Phi) is 4.75. The molecule has 6 heteroatoms. The summed E-state index contributed by atoms with van der Waals surface area (Å²) in [7, 11) is 3.73. The van der Waals surface area contributed by atoms with Crippen molar-refractivity contribution in [2.45, 2.75) is 19.4 Å². The first-order valence-electron chi connectivity index (χ1n) is 5.74. The van der Waals surface area contributed by atoms with Crippen LogP contribution in [0, 0.1) is 6.92 Å². The number of aromatic nitrogens is 2. The lowest BCUT2D eigenvalue weighted by Crippen LogP contribution is -2.47. The van der Waals surface area contributed by atoms with Crippen LogP contribution in [0.15, 0.2) is 12.4 Å². The van der Waals surface area contributed by atoms with Crippen molar-refractivity contribution in [2.75, 3.05) is 27.2 Å². The van der Waals surface area contributed by atoms with Gasteiger partial charge in [0.25, 0.3) is 5.91 Å². The van der Waals surface area contributed by atoms with Gasteiger partial charge in [0.05, 0.1) is 17.5 Å². The molecule has 0 aliphatic heterocycles. The van der Waals surface area contributed by atoms with Crippen LogP contribution in [-0.2, 0) is 0 Å². The van der Waals surface area contributed by atoms with Gasteiger partial charge < -0.3 is 15.3 Å². The molecule has 0 spiro atoms. The van der Waals surface area contributed by atoms with Crippen molar-refractivity contribution in [2.24, 2.45) is 0 Å². The van der Waals surface area contributed by atoms with E-state index in [-0.39, 0.29) is 18.1 Å². The van der Waals surface area contributed by atoms with Gasteiger partial charge in [-0.2, -0.15) is 0 Å². The van der Waals surface area contributed by atoms with Gasteiger partial charge in [-0.15, -0.1) is 0 Å². The van der Waals surface area contributed by atoms with Crippen LogP contribution in [-0.4, -0.2) is 58.7 Å². The molecule has 0 aromatic carbocycles. The largest absolute Gasteiger partial charge is 0.387 e. The summed E-state index contributed by atoms with van der Waals surface area (Å²) in [5, 5.41) is 12.7. The Hall–Kier alpha value is -1.53. The third-order valence-corrected chi connectivity index (χ3v) is 2.30. The summed E-state index contributed by atoms with van der Waals surface area (Å²) in [6, 6.07) is 0. The summed E-state index contributed by atoms with van der Waals surface area (Å²) in [4.78, 5) is 21.6. The van der Waals surface area contributed by atoms with Gasteiger partial charge >= 0.3 is 0 Å². The average Bonchev–Trinajstić information content (AvgIpc) is 2.25. The Morgan fingerprint density at radius 1 is 1.44 bits per heavy atom. The van der Waals surface area contributed by atoms with Gasteiger partial charge in [0.1, 0.15) is 5.69 Å². The minimum atomic E-state index is -0.975. The smallest absolute Gasteiger partial charge is 0.271 e. The van der Waals surface area contributed by atoms with Crippen LogP contribution in [0.3, 0.4) is 0 Å². The van der Waals surface area contributed by atoms with Gasteiger partial charge in [0.2, 0.25) is 0 Å². The number of nitrogens with one attached hydrogen (secondary N) is 1. The molecule has 1 unspecified atom stereocenters. The number of nitrogens with zero attached hydrogens (tertiary/aromatic N) is 3. The molecule has 0 fully saturated rings. The molecule has 6 nitrogen and oxygen atoms in total. The van der Waals surface area contributed by atoms with Crippen molar-refractivity contribution >= 4 is 5.91 Å². The van der Waals surface area contributed by atoms with Gasteiger partial charge in [-0.1, -0.05) is 0 Å². The average molecular weight is 252 g/mol. The molecule has 1 amide bonds. The Bertz CT molecular complexity index is 401. The quantitative estimate of drug-likeness (QED) is 0.760. The summed E-state index contributed by atoms with van der Waals surface area (Å²) in [6.45, 7) is 4.11. The minimum Gasteiger partial charge on any atom is -0.387 e. The van der Waals surface area contributed by atoms with E-state index >= 15 is 0 Å². The van der Waals surface area contributed by atoms with E-state index in [0.717, 1.165) is 5.69 Å².